The number of Topliss-reactive ketones (excluding diaryl/α,β-unsaturated/α-hetero) is 1. The smallest absolute Gasteiger partial charge is 0.309 e. The number of rotatable bonds is 9. The molecule has 0 atom stereocenters. The molecule has 0 spiro atoms. The second-order valence-corrected chi connectivity index (χ2v) is 9.95. The van der Waals surface area contributed by atoms with Gasteiger partial charge in [-0.3, -0.25) is 9.59 Å². The van der Waals surface area contributed by atoms with Crippen LogP contribution < -0.4 is 10.1 Å². The Morgan fingerprint density at radius 3 is 2.55 bits per heavy atom. The average molecular weight is 495 g/mol. The fourth-order valence-corrected chi connectivity index (χ4v) is 5.36. The van der Waals surface area contributed by atoms with Crippen molar-refractivity contribution in [1.29, 1.82) is 0 Å². The summed E-state index contributed by atoms with van der Waals surface area (Å²) < 4.78 is 37.9. The minimum Gasteiger partial charge on any atom is -0.495 e. The molecule has 1 aliphatic rings. The van der Waals surface area contributed by atoms with Gasteiger partial charge < -0.3 is 14.8 Å². The van der Waals surface area contributed by atoms with Gasteiger partial charge in [-0.25, -0.2) is 8.42 Å². The lowest BCUT2D eigenvalue weighted by molar-refractivity contribution is -0.149. The van der Waals surface area contributed by atoms with E-state index in [1.54, 1.807) is 37.3 Å². The van der Waals surface area contributed by atoms with E-state index in [1.807, 2.05) is 0 Å². The van der Waals surface area contributed by atoms with Gasteiger partial charge in [0.15, 0.2) is 5.78 Å². The number of nitrogens with one attached hydrogen (secondary N) is 1. The van der Waals surface area contributed by atoms with Gasteiger partial charge in [-0.05, 0) is 50.1 Å². The highest BCUT2D eigenvalue weighted by Crippen LogP contribution is 2.28. The monoisotopic (exact) mass is 494 g/mol. The summed E-state index contributed by atoms with van der Waals surface area (Å²) in [5.74, 6) is -0.324. The molecule has 0 radical (unpaired) electrons. The highest BCUT2D eigenvalue weighted by atomic mass is 35.5. The number of piperidine rings is 1. The molecule has 1 N–H and O–H groups in total. The lowest BCUT2D eigenvalue weighted by atomic mass is 9.98. The van der Waals surface area contributed by atoms with E-state index in [4.69, 9.17) is 21.1 Å². The predicted molar refractivity (Wildman–Crippen MR) is 125 cm³/mol. The van der Waals surface area contributed by atoms with Crippen LogP contribution >= 0.6 is 11.6 Å². The molecule has 2 aromatic rings. The molecule has 3 rings (SSSR count). The number of halogens is 1. The van der Waals surface area contributed by atoms with Crippen molar-refractivity contribution >= 4 is 39.1 Å². The number of ketones is 1. The van der Waals surface area contributed by atoms with Crippen LogP contribution in [0.2, 0.25) is 5.02 Å². The maximum atomic E-state index is 13.1. The summed E-state index contributed by atoms with van der Waals surface area (Å²) in [6, 6.07) is 11.0. The molecule has 178 valence electrons. The summed E-state index contributed by atoms with van der Waals surface area (Å²) in [4.78, 5) is 24.7. The Kier molecular flexibility index (Phi) is 8.34. The SMILES string of the molecule is CCOC(=O)C1CCN(S(=O)(=O)c2cccc(C(=O)CNc3cc(Cl)ccc3OC)c2)CC1. The molecular formula is C23H27ClN2O6S. The van der Waals surface area contributed by atoms with Crippen LogP contribution in [0.1, 0.15) is 30.1 Å². The lowest BCUT2D eigenvalue weighted by Gasteiger charge is -2.30. The zero-order valence-corrected chi connectivity index (χ0v) is 20.1. The fraction of sp³-hybridized carbons (Fsp3) is 0.391. The van der Waals surface area contributed by atoms with Crippen molar-refractivity contribution in [3.8, 4) is 5.75 Å². The Hall–Kier alpha value is -2.62. The van der Waals surface area contributed by atoms with Crippen LogP contribution in [0.25, 0.3) is 0 Å². The summed E-state index contributed by atoms with van der Waals surface area (Å²) in [6.07, 6.45) is 0.810. The fourth-order valence-electron chi connectivity index (χ4n) is 3.67. The van der Waals surface area contributed by atoms with Gasteiger partial charge in [0.05, 0.1) is 36.8 Å². The van der Waals surface area contributed by atoms with Gasteiger partial charge in [0.1, 0.15) is 5.75 Å². The van der Waals surface area contributed by atoms with Gasteiger partial charge in [0.25, 0.3) is 0 Å². The highest BCUT2D eigenvalue weighted by Gasteiger charge is 2.33. The van der Waals surface area contributed by atoms with Crippen LogP contribution in [0.15, 0.2) is 47.4 Å². The molecule has 2 aromatic carbocycles. The van der Waals surface area contributed by atoms with E-state index in [-0.39, 0.29) is 47.8 Å². The number of hydrogen-bond acceptors (Lipinski definition) is 7. The first-order valence-corrected chi connectivity index (χ1v) is 12.5. The van der Waals surface area contributed by atoms with Crippen molar-refractivity contribution in [3.05, 3.63) is 53.1 Å². The van der Waals surface area contributed by atoms with Crippen molar-refractivity contribution in [2.24, 2.45) is 5.92 Å². The van der Waals surface area contributed by atoms with Gasteiger partial charge in [-0.1, -0.05) is 23.7 Å². The van der Waals surface area contributed by atoms with Gasteiger partial charge >= 0.3 is 5.97 Å². The van der Waals surface area contributed by atoms with Crippen LogP contribution in [-0.2, 0) is 19.6 Å². The maximum absolute atomic E-state index is 13.1. The molecule has 0 aliphatic carbocycles. The number of carbonyl (C=O) groups excluding carboxylic acids is 2. The molecule has 0 bridgehead atoms. The minimum atomic E-state index is -3.79. The minimum absolute atomic E-state index is 0.0447. The second-order valence-electron chi connectivity index (χ2n) is 7.58. The number of hydrogen-bond donors (Lipinski definition) is 1. The number of sulfonamides is 1. The van der Waals surface area contributed by atoms with E-state index in [0.717, 1.165) is 0 Å². The predicted octanol–water partition coefficient (Wildman–Crippen LogP) is 3.61. The van der Waals surface area contributed by atoms with Crippen molar-refractivity contribution < 1.29 is 27.5 Å². The number of esters is 1. The van der Waals surface area contributed by atoms with E-state index >= 15 is 0 Å². The Labute approximate surface area is 198 Å². The maximum Gasteiger partial charge on any atom is 0.309 e. The second kappa shape index (κ2) is 11.0. The van der Waals surface area contributed by atoms with Crippen molar-refractivity contribution in [1.82, 2.24) is 4.31 Å². The number of anilines is 1. The van der Waals surface area contributed by atoms with Gasteiger partial charge in [-0.15, -0.1) is 0 Å². The molecular weight excluding hydrogens is 468 g/mol. The third-order valence-corrected chi connectivity index (χ3v) is 7.60. The third-order valence-electron chi connectivity index (χ3n) is 5.47. The zero-order valence-electron chi connectivity index (χ0n) is 18.5. The summed E-state index contributed by atoms with van der Waals surface area (Å²) in [6.45, 7) is 2.43. The Morgan fingerprint density at radius 2 is 1.88 bits per heavy atom. The molecule has 8 nitrogen and oxygen atoms in total. The van der Waals surface area contributed by atoms with Crippen LogP contribution in [-0.4, -0.2) is 57.8 Å². The molecule has 1 fully saturated rings. The molecule has 33 heavy (non-hydrogen) atoms. The van der Waals surface area contributed by atoms with Crippen molar-refractivity contribution in [2.75, 3.05) is 38.7 Å². The van der Waals surface area contributed by atoms with Crippen LogP contribution in [0.5, 0.6) is 5.75 Å². The Balaban J connectivity index is 1.68. The van der Waals surface area contributed by atoms with Crippen LogP contribution in [0.4, 0.5) is 5.69 Å². The van der Waals surface area contributed by atoms with E-state index < -0.39 is 10.0 Å². The summed E-state index contributed by atoms with van der Waals surface area (Å²) in [5.41, 5.74) is 0.831. The molecule has 1 aliphatic heterocycles. The number of nitrogens with zero attached hydrogens (tertiary/aromatic N) is 1. The molecule has 0 aromatic heterocycles. The molecule has 1 heterocycles. The van der Waals surface area contributed by atoms with Crippen molar-refractivity contribution in [3.63, 3.8) is 0 Å². The molecule has 10 heteroatoms. The van der Waals surface area contributed by atoms with E-state index in [1.165, 1.54) is 23.5 Å². The number of ether oxygens (including phenoxy) is 2. The van der Waals surface area contributed by atoms with Crippen molar-refractivity contribution in [2.45, 2.75) is 24.7 Å². The first-order chi connectivity index (χ1) is 15.8. The third kappa shape index (κ3) is 6.04. The highest BCUT2D eigenvalue weighted by molar-refractivity contribution is 7.89. The number of benzene rings is 2. The average Bonchev–Trinajstić information content (AvgIpc) is 2.83. The molecule has 0 saturated carbocycles. The van der Waals surface area contributed by atoms with Crippen LogP contribution in [0.3, 0.4) is 0 Å². The summed E-state index contributed by atoms with van der Waals surface area (Å²) in [5, 5.41) is 3.48. The molecule has 1 saturated heterocycles. The van der Waals surface area contributed by atoms with E-state index in [9.17, 15) is 18.0 Å². The first-order valence-electron chi connectivity index (χ1n) is 10.6. The summed E-state index contributed by atoms with van der Waals surface area (Å²) in [7, 11) is -2.28. The largest absolute Gasteiger partial charge is 0.495 e. The lowest BCUT2D eigenvalue weighted by Crippen LogP contribution is -2.40. The summed E-state index contributed by atoms with van der Waals surface area (Å²) >= 11 is 6.02. The van der Waals surface area contributed by atoms with Gasteiger partial charge in [-0.2, -0.15) is 4.31 Å². The van der Waals surface area contributed by atoms with Gasteiger partial charge in [0.2, 0.25) is 10.0 Å². The normalized spacial score (nSPS) is 15.1. The van der Waals surface area contributed by atoms with Crippen LogP contribution in [0, 0.1) is 5.92 Å². The topological polar surface area (TPSA) is 102 Å². The quantitative estimate of drug-likeness (QED) is 0.419. The first kappa shape index (κ1) is 25.0. The van der Waals surface area contributed by atoms with E-state index in [0.29, 0.717) is 35.9 Å². The number of methoxy groups -OCH3 is 1. The zero-order chi connectivity index (χ0) is 24.0. The Bertz CT molecular complexity index is 1110. The number of carbonyl (C=O) groups is 2. The Morgan fingerprint density at radius 1 is 1.15 bits per heavy atom. The van der Waals surface area contributed by atoms with E-state index in [2.05, 4.69) is 5.32 Å². The standard InChI is InChI=1S/C23H27ClN2O6S/c1-3-32-23(28)16-9-11-26(12-10-16)33(29,30)19-6-4-5-17(13-19)21(27)15-25-20-14-18(24)7-8-22(20)31-2/h4-8,13-14,16,25H,3,9-12,15H2,1-2H3. The molecule has 0 unspecified atom stereocenters. The van der Waals surface area contributed by atoms with Gasteiger partial charge in [0, 0.05) is 23.7 Å². The molecule has 0 amide bonds.